The molecule has 1 rings (SSSR count). The molecule has 0 aliphatic carbocycles. The topological polar surface area (TPSA) is 67.4 Å². The summed E-state index contributed by atoms with van der Waals surface area (Å²) in [6, 6.07) is 7.83. The minimum absolute atomic E-state index is 0.0670. The summed E-state index contributed by atoms with van der Waals surface area (Å²) in [5.41, 5.74) is 1.72. The lowest BCUT2D eigenvalue weighted by Crippen LogP contribution is -2.21. The molecule has 0 radical (unpaired) electrons. The van der Waals surface area contributed by atoms with Gasteiger partial charge in [-0.25, -0.2) is 8.42 Å². The third kappa shape index (κ3) is 6.88. The lowest BCUT2D eigenvalue weighted by atomic mass is 10.2. The molecule has 0 aromatic heterocycles. The van der Waals surface area contributed by atoms with Gasteiger partial charge in [-0.15, -0.1) is 0 Å². The normalized spacial score (nSPS) is 11.8. The monoisotopic (exact) mass is 300 g/mol. The Morgan fingerprint density at radius 3 is 2.40 bits per heavy atom. The van der Waals surface area contributed by atoms with Crippen molar-refractivity contribution < 1.29 is 13.2 Å². The highest BCUT2D eigenvalue weighted by molar-refractivity contribution is 7.92. The highest BCUT2D eigenvalue weighted by atomic mass is 32.2. The first-order valence-corrected chi connectivity index (χ1v) is 8.40. The van der Waals surface area contributed by atoms with E-state index in [2.05, 4.69) is 23.9 Å². The Balaban J connectivity index is 2.52. The number of nitrogens with one attached hydrogen (secondary N) is 2. The molecule has 114 valence electrons. The second-order valence-electron chi connectivity index (χ2n) is 5.00. The first-order valence-electron chi connectivity index (χ1n) is 6.74. The number of rotatable bonds is 9. The Morgan fingerprint density at radius 2 is 1.85 bits per heavy atom. The summed E-state index contributed by atoms with van der Waals surface area (Å²) >= 11 is 0. The number of methoxy groups -OCH3 is 1. The van der Waals surface area contributed by atoms with Gasteiger partial charge in [0.1, 0.15) is 0 Å². The SMILES string of the molecule is COCCCS(=O)(=O)Nc1ccc(CNC(C)C)cc1. The lowest BCUT2D eigenvalue weighted by molar-refractivity contribution is 0.199. The average molecular weight is 300 g/mol. The van der Waals surface area contributed by atoms with Crippen LogP contribution in [0.25, 0.3) is 0 Å². The maximum absolute atomic E-state index is 11.8. The highest BCUT2D eigenvalue weighted by Gasteiger charge is 2.09. The summed E-state index contributed by atoms with van der Waals surface area (Å²) < 4.78 is 31.0. The zero-order valence-corrected chi connectivity index (χ0v) is 13.2. The third-order valence-electron chi connectivity index (χ3n) is 2.70. The van der Waals surface area contributed by atoms with Crippen LogP contribution in [0, 0.1) is 0 Å². The van der Waals surface area contributed by atoms with Gasteiger partial charge in [0.2, 0.25) is 10.0 Å². The van der Waals surface area contributed by atoms with Gasteiger partial charge in [0.05, 0.1) is 5.75 Å². The Labute approximate surface area is 121 Å². The number of benzene rings is 1. The Bertz CT molecular complexity index is 484. The minimum Gasteiger partial charge on any atom is -0.385 e. The van der Waals surface area contributed by atoms with Gasteiger partial charge in [-0.3, -0.25) is 4.72 Å². The fourth-order valence-corrected chi connectivity index (χ4v) is 2.73. The van der Waals surface area contributed by atoms with E-state index in [1.54, 1.807) is 19.2 Å². The minimum atomic E-state index is -3.29. The summed E-state index contributed by atoms with van der Waals surface area (Å²) in [6.07, 6.45) is 0.488. The van der Waals surface area contributed by atoms with Crippen molar-refractivity contribution in [1.82, 2.24) is 5.32 Å². The Kier molecular flexibility index (Phi) is 6.98. The quantitative estimate of drug-likeness (QED) is 0.684. The second kappa shape index (κ2) is 8.24. The summed E-state index contributed by atoms with van der Waals surface area (Å²) in [6.45, 7) is 5.39. The van der Waals surface area contributed by atoms with E-state index in [0.717, 1.165) is 12.1 Å². The molecule has 0 saturated heterocycles. The van der Waals surface area contributed by atoms with Gasteiger partial charge in [0.25, 0.3) is 0 Å². The van der Waals surface area contributed by atoms with E-state index in [0.29, 0.717) is 24.8 Å². The van der Waals surface area contributed by atoms with Gasteiger partial charge in [-0.2, -0.15) is 0 Å². The van der Waals surface area contributed by atoms with E-state index in [-0.39, 0.29) is 5.75 Å². The Hall–Kier alpha value is -1.11. The summed E-state index contributed by atoms with van der Waals surface area (Å²) in [5, 5.41) is 3.31. The largest absolute Gasteiger partial charge is 0.385 e. The molecular weight excluding hydrogens is 276 g/mol. The van der Waals surface area contributed by atoms with Crippen molar-refractivity contribution in [3.05, 3.63) is 29.8 Å². The van der Waals surface area contributed by atoms with Gasteiger partial charge < -0.3 is 10.1 Å². The van der Waals surface area contributed by atoms with Crippen LogP contribution in [0.1, 0.15) is 25.8 Å². The van der Waals surface area contributed by atoms with E-state index in [1.165, 1.54) is 0 Å². The zero-order valence-electron chi connectivity index (χ0n) is 12.3. The predicted molar refractivity (Wildman–Crippen MR) is 82.3 cm³/mol. The maximum atomic E-state index is 11.8. The standard InChI is InChI=1S/C14H24N2O3S/c1-12(2)15-11-13-5-7-14(8-6-13)16-20(17,18)10-4-9-19-3/h5-8,12,15-16H,4,9-11H2,1-3H3. The fraction of sp³-hybridized carbons (Fsp3) is 0.571. The summed E-state index contributed by atoms with van der Waals surface area (Å²) in [7, 11) is -1.73. The van der Waals surface area contributed by atoms with Crippen molar-refractivity contribution in [2.75, 3.05) is 24.2 Å². The molecule has 0 fully saturated rings. The number of hydrogen-bond donors (Lipinski definition) is 2. The first-order chi connectivity index (χ1) is 9.43. The number of anilines is 1. The average Bonchev–Trinajstić information content (AvgIpc) is 2.37. The van der Waals surface area contributed by atoms with Crippen LogP contribution in [0.15, 0.2) is 24.3 Å². The fourth-order valence-electron chi connectivity index (χ4n) is 1.64. The van der Waals surface area contributed by atoms with Crippen molar-refractivity contribution in [1.29, 1.82) is 0 Å². The van der Waals surface area contributed by atoms with Crippen molar-refractivity contribution in [3.63, 3.8) is 0 Å². The van der Waals surface area contributed by atoms with Crippen molar-refractivity contribution in [2.24, 2.45) is 0 Å². The second-order valence-corrected chi connectivity index (χ2v) is 6.84. The zero-order chi connectivity index (χ0) is 15.0. The van der Waals surface area contributed by atoms with E-state index in [1.807, 2.05) is 12.1 Å². The smallest absolute Gasteiger partial charge is 0.232 e. The van der Waals surface area contributed by atoms with Crippen molar-refractivity contribution in [3.8, 4) is 0 Å². The molecule has 0 saturated carbocycles. The number of ether oxygens (including phenoxy) is 1. The molecule has 0 spiro atoms. The molecular formula is C14H24N2O3S. The third-order valence-corrected chi connectivity index (χ3v) is 4.08. The van der Waals surface area contributed by atoms with Gasteiger partial charge >= 0.3 is 0 Å². The van der Waals surface area contributed by atoms with Crippen LogP contribution in [-0.4, -0.2) is 33.9 Å². The molecule has 2 N–H and O–H groups in total. The number of sulfonamides is 1. The van der Waals surface area contributed by atoms with Gasteiger partial charge in [-0.1, -0.05) is 26.0 Å². The van der Waals surface area contributed by atoms with E-state index in [4.69, 9.17) is 4.74 Å². The molecule has 6 heteroatoms. The van der Waals surface area contributed by atoms with Crippen molar-refractivity contribution >= 4 is 15.7 Å². The molecule has 0 amide bonds. The van der Waals surface area contributed by atoms with E-state index >= 15 is 0 Å². The van der Waals surface area contributed by atoms with Crippen LogP contribution in [-0.2, 0) is 21.3 Å². The molecule has 0 bridgehead atoms. The molecule has 0 atom stereocenters. The molecule has 20 heavy (non-hydrogen) atoms. The van der Waals surface area contributed by atoms with Crippen LogP contribution in [0.3, 0.4) is 0 Å². The highest BCUT2D eigenvalue weighted by Crippen LogP contribution is 2.12. The van der Waals surface area contributed by atoms with E-state index < -0.39 is 10.0 Å². The van der Waals surface area contributed by atoms with Crippen molar-refractivity contribution in [2.45, 2.75) is 32.9 Å². The van der Waals surface area contributed by atoms with Crippen LogP contribution in [0.2, 0.25) is 0 Å². The molecule has 0 aliphatic heterocycles. The summed E-state index contributed by atoms with van der Waals surface area (Å²) in [4.78, 5) is 0. The van der Waals surface area contributed by atoms with Gasteiger partial charge in [0, 0.05) is 32.0 Å². The maximum Gasteiger partial charge on any atom is 0.232 e. The molecule has 0 heterocycles. The van der Waals surface area contributed by atoms with Gasteiger partial charge in [0.15, 0.2) is 0 Å². The van der Waals surface area contributed by atoms with Gasteiger partial charge in [-0.05, 0) is 24.1 Å². The molecule has 1 aromatic carbocycles. The predicted octanol–water partition coefficient (Wildman–Crippen LogP) is 1.96. The van der Waals surface area contributed by atoms with E-state index in [9.17, 15) is 8.42 Å². The van der Waals surface area contributed by atoms with Crippen LogP contribution in [0.5, 0.6) is 0 Å². The van der Waals surface area contributed by atoms with Crippen LogP contribution in [0.4, 0.5) is 5.69 Å². The molecule has 1 aromatic rings. The molecule has 0 aliphatic rings. The Morgan fingerprint density at radius 1 is 1.20 bits per heavy atom. The van der Waals surface area contributed by atoms with Crippen LogP contribution >= 0.6 is 0 Å². The molecule has 5 nitrogen and oxygen atoms in total. The summed E-state index contributed by atoms with van der Waals surface area (Å²) in [5.74, 6) is 0.0670. The first kappa shape index (κ1) is 16.9. The number of hydrogen-bond acceptors (Lipinski definition) is 4. The molecule has 0 unspecified atom stereocenters. The lowest BCUT2D eigenvalue weighted by Gasteiger charge is -2.10. The van der Waals surface area contributed by atoms with Crippen LogP contribution < -0.4 is 10.0 Å².